The molecule has 0 fully saturated rings. The summed E-state index contributed by atoms with van der Waals surface area (Å²) >= 11 is 0. The number of hydrogen-bond donors (Lipinski definition) is 0. The topological polar surface area (TPSA) is 34.5 Å². The largest absolute Gasteiger partial charge is 0.456 e. The first kappa shape index (κ1) is 39.1. The number of fused-ring (bicyclic) bond motifs is 20. The van der Waals surface area contributed by atoms with Gasteiger partial charge < -0.3 is 18.2 Å². The molecule has 330 valence electrons. The van der Waals surface area contributed by atoms with Gasteiger partial charge >= 0.3 is 6.85 Å². The maximum atomic E-state index is 7.38. The van der Waals surface area contributed by atoms with Crippen LogP contribution in [0.15, 0.2) is 142 Å². The quantitative estimate of drug-likeness (QED) is 0.154. The molecular weight excluding hydrogens is 828 g/mol. The van der Waals surface area contributed by atoms with E-state index in [9.17, 15) is 0 Å². The SMILES string of the molecule is CC(C)(C)c1ccc(N2B3c4cc5c(cc4-n4c6cc7c(cc6c6c8c(oc9ccccc98)c(c3c64)-c3cc4oc6ccccc6c4cc32)C(C)(C)CCC7(C)C)-c2ccccc2C5(C)C)cc1. The van der Waals surface area contributed by atoms with Crippen LogP contribution in [0.4, 0.5) is 11.4 Å². The summed E-state index contributed by atoms with van der Waals surface area (Å²) in [5.41, 5.74) is 24.2. The fourth-order valence-corrected chi connectivity index (χ4v) is 13.6. The Morgan fingerprint density at radius 3 is 1.96 bits per heavy atom. The van der Waals surface area contributed by atoms with Crippen molar-refractivity contribution in [2.24, 2.45) is 0 Å². The Bertz CT molecular complexity index is 4110. The molecule has 2 aliphatic carbocycles. The van der Waals surface area contributed by atoms with Crippen LogP contribution >= 0.6 is 0 Å². The van der Waals surface area contributed by atoms with Crippen molar-refractivity contribution in [3.63, 3.8) is 0 Å². The van der Waals surface area contributed by atoms with Gasteiger partial charge in [-0.25, -0.2) is 0 Å². The Morgan fingerprint density at radius 2 is 1.21 bits per heavy atom. The number of hydrogen-bond acceptors (Lipinski definition) is 3. The summed E-state index contributed by atoms with van der Waals surface area (Å²) < 4.78 is 16.9. The van der Waals surface area contributed by atoms with Crippen molar-refractivity contribution < 1.29 is 8.83 Å². The summed E-state index contributed by atoms with van der Waals surface area (Å²) in [4.78, 5) is 2.68. The Balaban J connectivity index is 1.20. The van der Waals surface area contributed by atoms with Gasteiger partial charge in [0.2, 0.25) is 0 Å². The van der Waals surface area contributed by atoms with E-state index in [2.05, 4.69) is 205 Å². The van der Waals surface area contributed by atoms with Crippen LogP contribution in [0, 0.1) is 0 Å². The highest BCUT2D eigenvalue weighted by atomic mass is 16.3. The van der Waals surface area contributed by atoms with Crippen molar-refractivity contribution in [1.29, 1.82) is 0 Å². The molecule has 2 aliphatic heterocycles. The molecule has 11 aromatic rings. The molecule has 0 radical (unpaired) electrons. The van der Waals surface area contributed by atoms with Crippen LogP contribution in [0.25, 0.3) is 93.6 Å². The molecule has 0 spiro atoms. The normalized spacial score (nSPS) is 17.1. The second-order valence-electron chi connectivity index (χ2n) is 23.5. The molecule has 0 amide bonds. The van der Waals surface area contributed by atoms with Gasteiger partial charge in [0, 0.05) is 65.9 Å². The molecule has 4 nitrogen and oxygen atoms in total. The van der Waals surface area contributed by atoms with Crippen LogP contribution in [0.5, 0.6) is 0 Å². The summed E-state index contributed by atoms with van der Waals surface area (Å²) in [6, 6.07) is 51.0. The summed E-state index contributed by atoms with van der Waals surface area (Å²) in [7, 11) is 0. The highest BCUT2D eigenvalue weighted by Gasteiger charge is 2.49. The van der Waals surface area contributed by atoms with E-state index in [4.69, 9.17) is 8.83 Å². The van der Waals surface area contributed by atoms with Gasteiger partial charge in [-0.3, -0.25) is 0 Å². The van der Waals surface area contributed by atoms with Gasteiger partial charge in [0.05, 0.1) is 11.0 Å². The third kappa shape index (κ3) is 4.73. The van der Waals surface area contributed by atoms with Crippen LogP contribution in [-0.2, 0) is 21.7 Å². The van der Waals surface area contributed by atoms with Crippen LogP contribution in [0.3, 0.4) is 0 Å². The molecule has 0 unspecified atom stereocenters. The van der Waals surface area contributed by atoms with E-state index in [1.54, 1.807) is 0 Å². The molecule has 0 bridgehead atoms. The van der Waals surface area contributed by atoms with Gasteiger partial charge in [-0.05, 0) is 134 Å². The van der Waals surface area contributed by atoms with E-state index in [1.807, 2.05) is 0 Å². The summed E-state index contributed by atoms with van der Waals surface area (Å²) in [6.07, 6.45) is 2.30. The predicted octanol–water partition coefficient (Wildman–Crippen LogP) is 15.8. The molecule has 4 aliphatic rings. The van der Waals surface area contributed by atoms with Crippen molar-refractivity contribution in [3.8, 4) is 27.9 Å². The number of aromatic nitrogens is 1. The number of nitrogens with zero attached hydrogens (tertiary/aromatic N) is 2. The zero-order chi connectivity index (χ0) is 46.1. The van der Waals surface area contributed by atoms with Crippen LogP contribution in [0.1, 0.15) is 103 Å². The van der Waals surface area contributed by atoms with Gasteiger partial charge in [-0.2, -0.15) is 0 Å². The molecule has 15 rings (SSSR count). The maximum absolute atomic E-state index is 7.38. The molecule has 0 N–H and O–H groups in total. The number of benzene rings is 8. The van der Waals surface area contributed by atoms with Gasteiger partial charge in [-0.1, -0.05) is 141 Å². The minimum Gasteiger partial charge on any atom is -0.456 e. The summed E-state index contributed by atoms with van der Waals surface area (Å²) in [6.45, 7) is 21.4. The number of rotatable bonds is 1. The molecule has 0 saturated carbocycles. The Hall–Kier alpha value is -6.98. The van der Waals surface area contributed by atoms with Gasteiger partial charge in [0.15, 0.2) is 0 Å². The lowest BCUT2D eigenvalue weighted by molar-refractivity contribution is 0.332. The first-order valence-electron chi connectivity index (χ1n) is 24.7. The van der Waals surface area contributed by atoms with Crippen LogP contribution in [-0.4, -0.2) is 11.4 Å². The molecule has 5 heterocycles. The molecule has 0 saturated heterocycles. The van der Waals surface area contributed by atoms with Gasteiger partial charge in [0.25, 0.3) is 0 Å². The highest BCUT2D eigenvalue weighted by molar-refractivity contribution is 6.94. The van der Waals surface area contributed by atoms with Crippen molar-refractivity contribution in [1.82, 2.24) is 4.57 Å². The fourth-order valence-electron chi connectivity index (χ4n) is 13.6. The molecule has 3 aromatic heterocycles. The van der Waals surface area contributed by atoms with E-state index in [0.29, 0.717) is 0 Å². The second kappa shape index (κ2) is 12.4. The van der Waals surface area contributed by atoms with Crippen LogP contribution < -0.4 is 15.7 Å². The Morgan fingerprint density at radius 1 is 0.529 bits per heavy atom. The average molecular weight is 881 g/mol. The van der Waals surface area contributed by atoms with E-state index >= 15 is 0 Å². The second-order valence-corrected chi connectivity index (χ2v) is 23.5. The lowest BCUT2D eigenvalue weighted by Gasteiger charge is -2.42. The summed E-state index contributed by atoms with van der Waals surface area (Å²) in [5.74, 6) is 0. The maximum Gasteiger partial charge on any atom is 0.333 e. The van der Waals surface area contributed by atoms with Crippen molar-refractivity contribution in [2.75, 3.05) is 4.81 Å². The Kier molecular flexibility index (Phi) is 7.11. The first-order valence-corrected chi connectivity index (χ1v) is 24.7. The van der Waals surface area contributed by atoms with Crippen molar-refractivity contribution in [3.05, 3.63) is 161 Å². The molecule has 68 heavy (non-hydrogen) atoms. The third-order valence-corrected chi connectivity index (χ3v) is 17.4. The zero-order valence-electron chi connectivity index (χ0n) is 40.4. The van der Waals surface area contributed by atoms with E-state index < -0.39 is 0 Å². The van der Waals surface area contributed by atoms with Gasteiger partial charge in [-0.15, -0.1) is 0 Å². The number of para-hydroxylation sites is 2. The van der Waals surface area contributed by atoms with Crippen LogP contribution in [0.2, 0.25) is 0 Å². The molecule has 8 aromatic carbocycles. The summed E-state index contributed by atoms with van der Waals surface area (Å²) in [5, 5.41) is 7.18. The van der Waals surface area contributed by atoms with Crippen molar-refractivity contribution in [2.45, 2.75) is 96.8 Å². The minimum atomic E-state index is -0.191. The first-order chi connectivity index (χ1) is 32.6. The Labute approximate surface area is 397 Å². The van der Waals surface area contributed by atoms with E-state index in [0.717, 1.165) is 73.8 Å². The minimum absolute atomic E-state index is 0.00762. The third-order valence-electron chi connectivity index (χ3n) is 17.4. The average Bonchev–Trinajstić information content (AvgIpc) is 4.05. The predicted molar refractivity (Wildman–Crippen MR) is 286 cm³/mol. The molecule has 0 atom stereocenters. The molecule has 5 heteroatoms. The van der Waals surface area contributed by atoms with E-state index in [-0.39, 0.29) is 28.5 Å². The lowest BCUT2D eigenvalue weighted by Crippen LogP contribution is -2.60. The lowest BCUT2D eigenvalue weighted by atomic mass is 9.43. The number of anilines is 2. The standard InChI is InChI=1S/C63H53BN2O2/c1-60(2,3)34-22-24-35(25-23-34)66-49-30-40-37-17-11-14-20-51(37)67-53(40)31-42(49)56-57-58-54(55-38-18-12-15-21-52(38)68-59(55)56)41-28-45-46(62(6,7)27-26-61(45,4)5)33-48(41)65(58)50-29-39-36-16-10-13-19-43(36)63(8,9)44(39)32-47(50)64(57)66/h10-25,28-33H,26-27H2,1-9H3. The smallest absolute Gasteiger partial charge is 0.333 e. The van der Waals surface area contributed by atoms with E-state index in [1.165, 1.54) is 82.7 Å². The highest BCUT2D eigenvalue weighted by Crippen LogP contribution is 2.56. The van der Waals surface area contributed by atoms with Gasteiger partial charge in [0.1, 0.15) is 22.3 Å². The monoisotopic (exact) mass is 880 g/mol. The zero-order valence-corrected chi connectivity index (χ0v) is 40.4. The van der Waals surface area contributed by atoms with Crippen molar-refractivity contribution >= 4 is 94.8 Å². The molecular formula is C63H53BN2O2. The fraction of sp³-hybridized carbons (Fsp3) is 0.238. The number of furan rings is 2.